The molecule has 0 bridgehead atoms. The molecular weight excluding hydrogens is 219 g/mol. The van der Waals surface area contributed by atoms with Crippen molar-refractivity contribution in [3.63, 3.8) is 0 Å². The number of aliphatic hydroxyl groups excluding tert-OH is 1. The monoisotopic (exact) mass is 230 g/mol. The molecule has 1 aromatic carbocycles. The molecule has 0 radical (unpaired) electrons. The zero-order chi connectivity index (χ0) is 12.1. The van der Waals surface area contributed by atoms with E-state index in [0.717, 1.165) is 5.56 Å². The van der Waals surface area contributed by atoms with Gasteiger partial charge < -0.3 is 9.67 Å². The van der Waals surface area contributed by atoms with E-state index in [1.54, 1.807) is 29.1 Å². The van der Waals surface area contributed by atoms with E-state index in [-0.39, 0.29) is 12.4 Å². The molecule has 2 rings (SSSR count). The van der Waals surface area contributed by atoms with Gasteiger partial charge in [0.1, 0.15) is 18.2 Å². The van der Waals surface area contributed by atoms with Crippen LogP contribution in [0, 0.1) is 17.7 Å². The zero-order valence-electron chi connectivity index (χ0n) is 9.10. The fourth-order valence-electron chi connectivity index (χ4n) is 1.40. The second-order valence-corrected chi connectivity index (χ2v) is 3.44. The lowest BCUT2D eigenvalue weighted by Gasteiger charge is -1.99. The van der Waals surface area contributed by atoms with E-state index < -0.39 is 0 Å². The smallest absolute Gasteiger partial charge is 0.135 e. The number of aliphatic hydroxyl groups is 1. The van der Waals surface area contributed by atoms with Crippen LogP contribution in [0.3, 0.4) is 0 Å². The highest BCUT2D eigenvalue weighted by atomic mass is 19.1. The lowest BCUT2D eigenvalue weighted by atomic mass is 10.2. The Morgan fingerprint density at radius 2 is 2.06 bits per heavy atom. The Morgan fingerprint density at radius 3 is 2.76 bits per heavy atom. The second kappa shape index (κ2) is 5.28. The number of aromatic nitrogens is 2. The summed E-state index contributed by atoms with van der Waals surface area (Å²) >= 11 is 0. The molecule has 3 nitrogen and oxygen atoms in total. The molecule has 86 valence electrons. The minimum absolute atomic E-state index is 0.106. The maximum absolute atomic E-state index is 12.6. The first kappa shape index (κ1) is 11.4. The van der Waals surface area contributed by atoms with Gasteiger partial charge in [0.25, 0.3) is 0 Å². The number of hydrogen-bond donors (Lipinski definition) is 1. The van der Waals surface area contributed by atoms with Crippen LogP contribution in [-0.2, 0) is 13.2 Å². The SMILES string of the molecule is OCc1nccn1CC#Cc1ccc(F)cc1. The van der Waals surface area contributed by atoms with Crippen molar-refractivity contribution in [2.24, 2.45) is 0 Å². The minimum Gasteiger partial charge on any atom is -0.388 e. The van der Waals surface area contributed by atoms with Crippen molar-refractivity contribution in [1.29, 1.82) is 0 Å². The van der Waals surface area contributed by atoms with Gasteiger partial charge >= 0.3 is 0 Å². The van der Waals surface area contributed by atoms with Gasteiger partial charge in [0.2, 0.25) is 0 Å². The number of halogens is 1. The first-order chi connectivity index (χ1) is 8.29. The molecule has 0 spiro atoms. The van der Waals surface area contributed by atoms with Gasteiger partial charge in [0, 0.05) is 18.0 Å². The lowest BCUT2D eigenvalue weighted by Crippen LogP contribution is -2.01. The summed E-state index contributed by atoms with van der Waals surface area (Å²) in [7, 11) is 0. The van der Waals surface area contributed by atoms with Crippen LogP contribution in [0.25, 0.3) is 0 Å². The molecule has 0 aliphatic carbocycles. The van der Waals surface area contributed by atoms with Crippen molar-refractivity contribution < 1.29 is 9.50 Å². The maximum atomic E-state index is 12.6. The normalized spacial score (nSPS) is 9.76. The van der Waals surface area contributed by atoms with E-state index >= 15 is 0 Å². The summed E-state index contributed by atoms with van der Waals surface area (Å²) in [6.07, 6.45) is 3.37. The third kappa shape index (κ3) is 2.92. The topological polar surface area (TPSA) is 38.1 Å². The van der Waals surface area contributed by atoms with Gasteiger partial charge in [-0.1, -0.05) is 11.8 Å². The van der Waals surface area contributed by atoms with Gasteiger partial charge in [-0.05, 0) is 24.3 Å². The lowest BCUT2D eigenvalue weighted by molar-refractivity contribution is 0.266. The molecule has 1 N–H and O–H groups in total. The summed E-state index contributed by atoms with van der Waals surface area (Å²) in [4.78, 5) is 3.97. The van der Waals surface area contributed by atoms with E-state index in [0.29, 0.717) is 12.4 Å². The molecule has 0 unspecified atom stereocenters. The van der Waals surface area contributed by atoms with E-state index in [4.69, 9.17) is 5.11 Å². The van der Waals surface area contributed by atoms with E-state index in [9.17, 15) is 4.39 Å². The van der Waals surface area contributed by atoms with Crippen LogP contribution in [0.2, 0.25) is 0 Å². The van der Waals surface area contributed by atoms with Crippen molar-refractivity contribution in [2.45, 2.75) is 13.2 Å². The predicted octanol–water partition coefficient (Wildman–Crippen LogP) is 1.57. The van der Waals surface area contributed by atoms with Gasteiger partial charge in [-0.2, -0.15) is 0 Å². The molecule has 0 aliphatic rings. The van der Waals surface area contributed by atoms with E-state index in [2.05, 4.69) is 16.8 Å². The summed E-state index contributed by atoms with van der Waals surface area (Å²) in [6, 6.07) is 6.01. The van der Waals surface area contributed by atoms with E-state index in [1.807, 2.05) is 0 Å². The van der Waals surface area contributed by atoms with Gasteiger partial charge in [-0.15, -0.1) is 0 Å². The summed E-state index contributed by atoms with van der Waals surface area (Å²) in [5.41, 5.74) is 0.761. The Labute approximate surface area is 98.5 Å². The minimum atomic E-state index is -0.271. The van der Waals surface area contributed by atoms with Crippen molar-refractivity contribution in [3.8, 4) is 11.8 Å². The Hall–Kier alpha value is -2.12. The third-order valence-corrected chi connectivity index (χ3v) is 2.27. The standard InChI is InChI=1S/C13H11FN2O/c14-12-5-3-11(4-6-12)2-1-8-16-9-7-15-13(16)10-17/h3-7,9,17H,8,10H2. The molecule has 1 heterocycles. The molecule has 0 saturated heterocycles. The average molecular weight is 230 g/mol. The van der Waals surface area contributed by atoms with Crippen molar-refractivity contribution in [1.82, 2.24) is 9.55 Å². The van der Waals surface area contributed by atoms with Crippen LogP contribution in [-0.4, -0.2) is 14.7 Å². The van der Waals surface area contributed by atoms with Crippen molar-refractivity contribution in [2.75, 3.05) is 0 Å². The predicted molar refractivity (Wildman–Crippen MR) is 61.4 cm³/mol. The summed E-state index contributed by atoms with van der Waals surface area (Å²) in [6.45, 7) is 0.346. The Kier molecular flexibility index (Phi) is 3.53. The first-order valence-electron chi connectivity index (χ1n) is 5.15. The van der Waals surface area contributed by atoms with Gasteiger partial charge in [-0.25, -0.2) is 9.37 Å². The van der Waals surface area contributed by atoms with Crippen molar-refractivity contribution >= 4 is 0 Å². The molecule has 0 fully saturated rings. The summed E-state index contributed by atoms with van der Waals surface area (Å²) in [5.74, 6) is 6.16. The molecule has 0 amide bonds. The third-order valence-electron chi connectivity index (χ3n) is 2.27. The molecule has 17 heavy (non-hydrogen) atoms. The Morgan fingerprint density at radius 1 is 1.29 bits per heavy atom. The Bertz CT molecular complexity index is 549. The van der Waals surface area contributed by atoms with Crippen molar-refractivity contribution in [3.05, 3.63) is 53.9 Å². The number of hydrogen-bond acceptors (Lipinski definition) is 2. The quantitative estimate of drug-likeness (QED) is 0.795. The molecule has 0 saturated carbocycles. The highest BCUT2D eigenvalue weighted by Gasteiger charge is 1.97. The zero-order valence-corrected chi connectivity index (χ0v) is 9.10. The Balaban J connectivity index is 2.06. The number of benzene rings is 1. The van der Waals surface area contributed by atoms with Gasteiger partial charge in [0.15, 0.2) is 0 Å². The van der Waals surface area contributed by atoms with Crippen LogP contribution < -0.4 is 0 Å². The molecule has 1 aromatic heterocycles. The number of nitrogens with zero attached hydrogens (tertiary/aromatic N) is 2. The fourth-order valence-corrected chi connectivity index (χ4v) is 1.40. The number of imidazole rings is 1. The fraction of sp³-hybridized carbons (Fsp3) is 0.154. The van der Waals surface area contributed by atoms with E-state index in [1.165, 1.54) is 12.1 Å². The summed E-state index contributed by atoms with van der Waals surface area (Å²) in [5, 5.41) is 8.98. The molecule has 0 atom stereocenters. The summed E-state index contributed by atoms with van der Waals surface area (Å²) < 4.78 is 14.4. The molecule has 0 aliphatic heterocycles. The van der Waals surface area contributed by atoms with Crippen LogP contribution >= 0.6 is 0 Å². The van der Waals surface area contributed by atoms with Gasteiger partial charge in [0.05, 0.1) is 6.54 Å². The van der Waals surface area contributed by atoms with Gasteiger partial charge in [-0.3, -0.25) is 0 Å². The first-order valence-corrected chi connectivity index (χ1v) is 5.15. The average Bonchev–Trinajstić information content (AvgIpc) is 2.79. The molecule has 2 aromatic rings. The van der Waals surface area contributed by atoms with Crippen LogP contribution in [0.15, 0.2) is 36.7 Å². The van der Waals surface area contributed by atoms with Crippen LogP contribution in [0.4, 0.5) is 4.39 Å². The maximum Gasteiger partial charge on any atom is 0.135 e. The molecular formula is C13H11FN2O. The van der Waals surface area contributed by atoms with Crippen LogP contribution in [0.5, 0.6) is 0 Å². The second-order valence-electron chi connectivity index (χ2n) is 3.44. The molecule has 4 heteroatoms. The highest BCUT2D eigenvalue weighted by Crippen LogP contribution is 2.01. The number of rotatable bonds is 2. The largest absolute Gasteiger partial charge is 0.388 e. The van der Waals surface area contributed by atoms with Crippen LogP contribution in [0.1, 0.15) is 11.4 Å². The highest BCUT2D eigenvalue weighted by molar-refractivity contribution is 5.33.